The average molecular weight is 204 g/mol. The van der Waals surface area contributed by atoms with Crippen molar-refractivity contribution in [1.82, 2.24) is 0 Å². The van der Waals surface area contributed by atoms with Crippen molar-refractivity contribution in [2.24, 2.45) is 0 Å². The maximum absolute atomic E-state index is 8.83. The van der Waals surface area contributed by atoms with Crippen molar-refractivity contribution in [2.75, 3.05) is 0 Å². The Morgan fingerprint density at radius 3 is 1.88 bits per heavy atom. The van der Waals surface area contributed by atoms with Crippen LogP contribution in [0.2, 0.25) is 0 Å². The third-order valence-corrected chi connectivity index (χ3v) is 1.88. The highest BCUT2D eigenvalue weighted by Gasteiger charge is 2.09. The van der Waals surface area contributed by atoms with Crippen molar-refractivity contribution >= 4 is 0 Å². The van der Waals surface area contributed by atoms with Crippen LogP contribution in [0.25, 0.3) is 0 Å². The van der Waals surface area contributed by atoms with E-state index >= 15 is 0 Å². The SMILES string of the molecule is N#CC1=C(C#N)/C=C(C#N)\C(C#N)=C/C=C\1. The lowest BCUT2D eigenvalue weighted by atomic mass is 9.99. The molecule has 1 aliphatic rings. The molecule has 0 heterocycles. The molecule has 0 atom stereocenters. The van der Waals surface area contributed by atoms with Gasteiger partial charge in [-0.05, 0) is 18.2 Å². The maximum atomic E-state index is 8.83. The largest absolute Gasteiger partial charge is 0.192 e. The Kier molecular flexibility index (Phi) is 3.41. The van der Waals surface area contributed by atoms with Crippen LogP contribution in [0.3, 0.4) is 0 Å². The molecular weight excluding hydrogens is 200 g/mol. The summed E-state index contributed by atoms with van der Waals surface area (Å²) < 4.78 is 0. The predicted octanol–water partition coefficient (Wildman–Crippen LogP) is 1.80. The van der Waals surface area contributed by atoms with E-state index in [1.54, 1.807) is 0 Å². The molecule has 16 heavy (non-hydrogen) atoms. The molecule has 1 aliphatic carbocycles. The fourth-order valence-corrected chi connectivity index (χ4v) is 1.10. The van der Waals surface area contributed by atoms with Crippen LogP contribution in [0.5, 0.6) is 0 Å². The van der Waals surface area contributed by atoms with Gasteiger partial charge in [-0.15, -0.1) is 0 Å². The molecule has 0 aromatic rings. The van der Waals surface area contributed by atoms with Gasteiger partial charge in [-0.1, -0.05) is 6.08 Å². The van der Waals surface area contributed by atoms with Crippen molar-refractivity contribution in [1.29, 1.82) is 21.0 Å². The Bertz CT molecular complexity index is 601. The smallest absolute Gasteiger partial charge is 0.101 e. The molecule has 0 aromatic carbocycles. The first-order valence-corrected chi connectivity index (χ1v) is 4.22. The van der Waals surface area contributed by atoms with E-state index in [0.29, 0.717) is 0 Å². The van der Waals surface area contributed by atoms with Gasteiger partial charge in [-0.25, -0.2) is 0 Å². The average Bonchev–Trinajstić information content (AvgIpc) is 2.30. The number of hydrogen-bond donors (Lipinski definition) is 0. The second-order valence-corrected chi connectivity index (χ2v) is 2.77. The van der Waals surface area contributed by atoms with E-state index in [1.807, 2.05) is 24.3 Å². The Morgan fingerprint density at radius 1 is 0.750 bits per heavy atom. The monoisotopic (exact) mass is 204 g/mol. The minimum atomic E-state index is 0.0798. The molecule has 0 saturated carbocycles. The van der Waals surface area contributed by atoms with Gasteiger partial charge in [-0.3, -0.25) is 0 Å². The zero-order valence-electron chi connectivity index (χ0n) is 8.10. The molecule has 0 saturated heterocycles. The molecular formula is C12H4N4. The van der Waals surface area contributed by atoms with Crippen LogP contribution in [0.4, 0.5) is 0 Å². The molecule has 0 fully saturated rings. The van der Waals surface area contributed by atoms with Crippen molar-refractivity contribution in [3.63, 3.8) is 0 Å². The van der Waals surface area contributed by atoms with E-state index in [0.717, 1.165) is 0 Å². The summed E-state index contributed by atoms with van der Waals surface area (Å²) >= 11 is 0. The van der Waals surface area contributed by atoms with Crippen LogP contribution in [0, 0.1) is 45.3 Å². The second kappa shape index (κ2) is 4.97. The highest BCUT2D eigenvalue weighted by molar-refractivity contribution is 5.61. The molecule has 0 amide bonds. The summed E-state index contributed by atoms with van der Waals surface area (Å²) in [4.78, 5) is 0. The Morgan fingerprint density at radius 2 is 1.38 bits per heavy atom. The fourth-order valence-electron chi connectivity index (χ4n) is 1.10. The van der Waals surface area contributed by atoms with Crippen molar-refractivity contribution in [3.8, 4) is 24.3 Å². The Hall–Kier alpha value is -3.08. The van der Waals surface area contributed by atoms with Gasteiger partial charge in [0.1, 0.15) is 24.3 Å². The quantitative estimate of drug-likeness (QED) is 0.600. The molecule has 0 N–H and O–H groups in total. The van der Waals surface area contributed by atoms with Gasteiger partial charge in [0.2, 0.25) is 0 Å². The number of rotatable bonds is 0. The van der Waals surface area contributed by atoms with Crippen molar-refractivity contribution in [2.45, 2.75) is 0 Å². The van der Waals surface area contributed by atoms with Gasteiger partial charge >= 0.3 is 0 Å². The highest BCUT2D eigenvalue weighted by Crippen LogP contribution is 2.17. The normalized spacial score (nSPS) is 27.2. The zero-order chi connectivity index (χ0) is 12.0. The third kappa shape index (κ3) is 2.05. The standard InChI is InChI=1S/C12H4N4/c13-5-9-2-1-3-10(6-14)12(8-16)4-11(9)7-15/h1-4H/b2-1-,3-1?,9-2?,10-3-,11-4?,11-9-,12-4-,12-10?. The minimum Gasteiger partial charge on any atom is -0.192 e. The van der Waals surface area contributed by atoms with Crippen LogP contribution in [0.1, 0.15) is 0 Å². The summed E-state index contributed by atoms with van der Waals surface area (Å²) in [5.74, 6) is 0. The van der Waals surface area contributed by atoms with Gasteiger partial charge in [0, 0.05) is 0 Å². The number of nitrogens with zero attached hydrogens (tertiary/aromatic N) is 4. The van der Waals surface area contributed by atoms with E-state index in [-0.39, 0.29) is 22.3 Å². The fraction of sp³-hybridized carbons (Fsp3) is 0. The van der Waals surface area contributed by atoms with Gasteiger partial charge in [-0.2, -0.15) is 21.0 Å². The van der Waals surface area contributed by atoms with Crippen LogP contribution in [0.15, 0.2) is 46.6 Å². The zero-order valence-corrected chi connectivity index (χ0v) is 8.10. The molecule has 4 nitrogen and oxygen atoms in total. The molecule has 1 rings (SSSR count). The summed E-state index contributed by atoms with van der Waals surface area (Å²) in [5, 5.41) is 35.2. The first-order valence-electron chi connectivity index (χ1n) is 4.22. The molecule has 0 unspecified atom stereocenters. The van der Waals surface area contributed by atoms with E-state index in [4.69, 9.17) is 21.0 Å². The lowest BCUT2D eigenvalue weighted by Crippen LogP contribution is -1.90. The summed E-state index contributed by atoms with van der Waals surface area (Å²) in [7, 11) is 0. The first kappa shape index (κ1) is 11.0. The molecule has 0 spiro atoms. The molecule has 0 bridgehead atoms. The van der Waals surface area contributed by atoms with Gasteiger partial charge in [0.15, 0.2) is 0 Å². The van der Waals surface area contributed by atoms with Crippen molar-refractivity contribution < 1.29 is 0 Å². The molecule has 72 valence electrons. The van der Waals surface area contributed by atoms with Crippen LogP contribution < -0.4 is 0 Å². The maximum Gasteiger partial charge on any atom is 0.101 e. The predicted molar refractivity (Wildman–Crippen MR) is 54.8 cm³/mol. The van der Waals surface area contributed by atoms with Crippen LogP contribution in [-0.4, -0.2) is 0 Å². The molecule has 0 aliphatic heterocycles. The van der Waals surface area contributed by atoms with Crippen LogP contribution >= 0.6 is 0 Å². The molecule has 4 heteroatoms. The third-order valence-electron chi connectivity index (χ3n) is 1.88. The van der Waals surface area contributed by atoms with Gasteiger partial charge in [0.05, 0.1) is 22.3 Å². The summed E-state index contributed by atoms with van der Waals surface area (Å²) in [6, 6.07) is 7.36. The summed E-state index contributed by atoms with van der Waals surface area (Å²) in [5.41, 5.74) is 0.499. The number of nitriles is 4. The minimum absolute atomic E-state index is 0.0798. The number of hydrogen-bond acceptors (Lipinski definition) is 4. The molecule has 0 radical (unpaired) electrons. The van der Waals surface area contributed by atoms with E-state index in [2.05, 4.69) is 0 Å². The summed E-state index contributed by atoms with van der Waals surface area (Å²) in [6.45, 7) is 0. The second-order valence-electron chi connectivity index (χ2n) is 2.77. The lowest BCUT2D eigenvalue weighted by molar-refractivity contribution is 1.39. The Labute approximate surface area is 92.6 Å². The van der Waals surface area contributed by atoms with Gasteiger partial charge < -0.3 is 0 Å². The topological polar surface area (TPSA) is 95.2 Å². The van der Waals surface area contributed by atoms with E-state index < -0.39 is 0 Å². The Balaban J connectivity index is 3.48. The number of allylic oxidation sites excluding steroid dienone is 8. The molecule has 0 aromatic heterocycles. The van der Waals surface area contributed by atoms with Gasteiger partial charge in [0.25, 0.3) is 0 Å². The van der Waals surface area contributed by atoms with E-state index in [9.17, 15) is 0 Å². The van der Waals surface area contributed by atoms with Crippen LogP contribution in [-0.2, 0) is 0 Å². The summed E-state index contributed by atoms with van der Waals surface area (Å²) in [6.07, 6.45) is 5.58. The highest BCUT2D eigenvalue weighted by atomic mass is 14.3. The first-order chi connectivity index (χ1) is 7.76. The van der Waals surface area contributed by atoms with E-state index in [1.165, 1.54) is 24.3 Å². The van der Waals surface area contributed by atoms with Crippen molar-refractivity contribution in [3.05, 3.63) is 46.6 Å². The lowest BCUT2D eigenvalue weighted by Gasteiger charge is -1.99.